The second-order valence-corrected chi connectivity index (χ2v) is 5.69. The van der Waals surface area contributed by atoms with Crippen molar-refractivity contribution in [1.82, 2.24) is 25.5 Å². The number of nitrogens with zero attached hydrogens (tertiary/aromatic N) is 4. The van der Waals surface area contributed by atoms with E-state index in [1.807, 2.05) is 13.8 Å². The summed E-state index contributed by atoms with van der Waals surface area (Å²) in [6.45, 7) is 3.83. The minimum absolute atomic E-state index is 0.123. The van der Waals surface area contributed by atoms with Gasteiger partial charge in [0, 0.05) is 0 Å². The minimum Gasteiger partial charge on any atom is -0.480 e. The highest BCUT2D eigenvalue weighted by Gasteiger charge is 2.20. The molecule has 0 saturated carbocycles. The van der Waals surface area contributed by atoms with E-state index in [1.54, 1.807) is 24.3 Å². The Morgan fingerprint density at radius 1 is 1.26 bits per heavy atom. The maximum atomic E-state index is 12.0. The van der Waals surface area contributed by atoms with Crippen LogP contribution in [-0.4, -0.2) is 43.2 Å². The van der Waals surface area contributed by atoms with Crippen LogP contribution in [0.4, 0.5) is 0 Å². The van der Waals surface area contributed by atoms with Gasteiger partial charge in [0.2, 0.25) is 5.91 Å². The molecule has 0 unspecified atom stereocenters. The molecule has 2 aromatic rings. The van der Waals surface area contributed by atoms with E-state index < -0.39 is 12.0 Å². The van der Waals surface area contributed by atoms with Crippen LogP contribution in [-0.2, 0) is 16.0 Å². The van der Waals surface area contributed by atoms with Gasteiger partial charge in [0.1, 0.15) is 12.4 Å². The molecule has 0 bridgehead atoms. The Hall–Kier alpha value is -2.77. The number of carboxylic acids is 1. The third-order valence-corrected chi connectivity index (χ3v) is 3.25. The molecule has 0 saturated heterocycles. The lowest BCUT2D eigenvalue weighted by molar-refractivity contribution is -0.142. The Balaban J connectivity index is 1.95. The molecule has 8 heteroatoms. The summed E-state index contributed by atoms with van der Waals surface area (Å²) in [5, 5.41) is 22.6. The van der Waals surface area contributed by atoms with E-state index in [0.717, 1.165) is 11.3 Å². The molecule has 23 heavy (non-hydrogen) atoms. The van der Waals surface area contributed by atoms with Gasteiger partial charge < -0.3 is 10.4 Å². The van der Waals surface area contributed by atoms with E-state index in [0.29, 0.717) is 6.42 Å². The number of tetrazole rings is 1. The Bertz CT molecular complexity index is 652. The van der Waals surface area contributed by atoms with Crippen LogP contribution in [0.5, 0.6) is 0 Å². The summed E-state index contributed by atoms with van der Waals surface area (Å²) in [4.78, 5) is 23.2. The maximum absolute atomic E-state index is 12.0. The quantitative estimate of drug-likeness (QED) is 0.782. The largest absolute Gasteiger partial charge is 0.480 e. The monoisotopic (exact) mass is 317 g/mol. The van der Waals surface area contributed by atoms with Gasteiger partial charge in [-0.25, -0.2) is 9.48 Å². The van der Waals surface area contributed by atoms with Crippen LogP contribution in [0, 0.1) is 5.92 Å². The Morgan fingerprint density at radius 3 is 2.48 bits per heavy atom. The molecule has 0 aliphatic heterocycles. The van der Waals surface area contributed by atoms with Gasteiger partial charge in [-0.15, -0.1) is 5.10 Å². The first-order chi connectivity index (χ1) is 11.0. The smallest absolute Gasteiger partial charge is 0.326 e. The molecule has 1 aromatic heterocycles. The van der Waals surface area contributed by atoms with E-state index in [4.69, 9.17) is 5.11 Å². The number of carboxylic acid groups (broad SMARTS) is 1. The Kier molecular flexibility index (Phi) is 5.40. The fraction of sp³-hybridized carbons (Fsp3) is 0.400. The van der Waals surface area contributed by atoms with Crippen LogP contribution in [0.2, 0.25) is 0 Å². The molecule has 0 fully saturated rings. The summed E-state index contributed by atoms with van der Waals surface area (Å²) in [6.07, 6.45) is 2.00. The second-order valence-electron chi connectivity index (χ2n) is 5.69. The van der Waals surface area contributed by atoms with Gasteiger partial charge in [0.05, 0.1) is 12.1 Å². The number of amides is 1. The number of benzene rings is 1. The number of carbonyl (C=O) groups excluding carboxylic acids is 1. The summed E-state index contributed by atoms with van der Waals surface area (Å²) >= 11 is 0. The zero-order valence-electron chi connectivity index (χ0n) is 13.0. The van der Waals surface area contributed by atoms with Crippen LogP contribution < -0.4 is 5.32 Å². The van der Waals surface area contributed by atoms with Gasteiger partial charge in [-0.1, -0.05) is 26.0 Å². The molecule has 1 atom stereocenters. The predicted octanol–water partition coefficient (Wildman–Crippen LogP) is 0.820. The minimum atomic E-state index is -1.01. The van der Waals surface area contributed by atoms with Crippen LogP contribution in [0.25, 0.3) is 5.69 Å². The topological polar surface area (TPSA) is 110 Å². The van der Waals surface area contributed by atoms with Crippen molar-refractivity contribution in [3.05, 3.63) is 36.2 Å². The molecular weight excluding hydrogens is 298 g/mol. The molecule has 0 aliphatic rings. The van der Waals surface area contributed by atoms with Crippen LogP contribution in [0.3, 0.4) is 0 Å². The third-order valence-electron chi connectivity index (χ3n) is 3.25. The zero-order valence-corrected chi connectivity index (χ0v) is 13.0. The van der Waals surface area contributed by atoms with E-state index in [-0.39, 0.29) is 18.2 Å². The van der Waals surface area contributed by atoms with Crippen molar-refractivity contribution in [3.8, 4) is 5.69 Å². The fourth-order valence-corrected chi connectivity index (χ4v) is 2.17. The fourth-order valence-electron chi connectivity index (χ4n) is 2.17. The first kappa shape index (κ1) is 16.6. The summed E-state index contributed by atoms with van der Waals surface area (Å²) in [5.41, 5.74) is 1.57. The van der Waals surface area contributed by atoms with E-state index in [2.05, 4.69) is 20.8 Å². The maximum Gasteiger partial charge on any atom is 0.326 e. The van der Waals surface area contributed by atoms with Gasteiger partial charge >= 0.3 is 5.97 Å². The lowest BCUT2D eigenvalue weighted by atomic mass is 10.0. The Morgan fingerprint density at radius 2 is 1.96 bits per heavy atom. The number of hydrogen-bond donors (Lipinski definition) is 2. The third kappa shape index (κ3) is 4.87. The van der Waals surface area contributed by atoms with Crippen molar-refractivity contribution < 1.29 is 14.7 Å². The van der Waals surface area contributed by atoms with Crippen molar-refractivity contribution >= 4 is 11.9 Å². The molecule has 2 rings (SSSR count). The van der Waals surface area contributed by atoms with Crippen molar-refractivity contribution in [2.24, 2.45) is 5.92 Å². The van der Waals surface area contributed by atoms with Crippen molar-refractivity contribution in [2.45, 2.75) is 32.7 Å². The number of hydrogen-bond acceptors (Lipinski definition) is 5. The van der Waals surface area contributed by atoms with E-state index in [9.17, 15) is 9.59 Å². The van der Waals surface area contributed by atoms with Gasteiger partial charge in [0.25, 0.3) is 0 Å². The van der Waals surface area contributed by atoms with E-state index in [1.165, 1.54) is 11.0 Å². The number of rotatable bonds is 7. The average molecular weight is 317 g/mol. The van der Waals surface area contributed by atoms with Crippen LogP contribution >= 0.6 is 0 Å². The first-order valence-electron chi connectivity index (χ1n) is 7.30. The SMILES string of the molecule is CC(C)C[C@@H](NC(=O)Cc1ccc(-n2cnnn2)cc1)C(=O)O. The molecule has 2 N–H and O–H groups in total. The highest BCUT2D eigenvalue weighted by molar-refractivity contribution is 5.84. The highest BCUT2D eigenvalue weighted by atomic mass is 16.4. The van der Waals surface area contributed by atoms with Crippen molar-refractivity contribution in [3.63, 3.8) is 0 Å². The summed E-state index contributed by atoms with van der Waals surface area (Å²) in [7, 11) is 0. The van der Waals surface area contributed by atoms with Gasteiger partial charge in [-0.3, -0.25) is 4.79 Å². The number of nitrogens with one attached hydrogen (secondary N) is 1. The van der Waals surface area contributed by atoms with Gasteiger partial charge in [-0.05, 0) is 40.5 Å². The lowest BCUT2D eigenvalue weighted by Gasteiger charge is -2.16. The summed E-state index contributed by atoms with van der Waals surface area (Å²) in [6, 6.07) is 6.30. The standard InChI is InChI=1S/C15H19N5O3/c1-10(2)7-13(15(22)23)17-14(21)8-11-3-5-12(6-4-11)20-9-16-18-19-20/h3-6,9-10,13H,7-8H2,1-2H3,(H,17,21)(H,22,23)/t13-/m1/s1. The Labute approximate surface area is 133 Å². The first-order valence-corrected chi connectivity index (χ1v) is 7.30. The number of carbonyl (C=O) groups is 2. The normalized spacial score (nSPS) is 12.1. The summed E-state index contributed by atoms with van der Waals surface area (Å²) in [5.74, 6) is -1.14. The van der Waals surface area contributed by atoms with E-state index >= 15 is 0 Å². The molecule has 1 heterocycles. The molecule has 0 aliphatic carbocycles. The molecule has 0 spiro atoms. The van der Waals surface area contributed by atoms with Crippen molar-refractivity contribution in [2.75, 3.05) is 0 Å². The molecule has 0 radical (unpaired) electrons. The molecule has 1 aromatic carbocycles. The molecule has 8 nitrogen and oxygen atoms in total. The predicted molar refractivity (Wildman–Crippen MR) is 81.9 cm³/mol. The molecular formula is C15H19N5O3. The highest BCUT2D eigenvalue weighted by Crippen LogP contribution is 2.09. The number of aliphatic carboxylic acids is 1. The van der Waals surface area contributed by atoms with Crippen LogP contribution in [0.1, 0.15) is 25.8 Å². The van der Waals surface area contributed by atoms with Gasteiger partial charge in [-0.2, -0.15) is 0 Å². The second kappa shape index (κ2) is 7.48. The van der Waals surface area contributed by atoms with Crippen LogP contribution in [0.15, 0.2) is 30.6 Å². The average Bonchev–Trinajstić information content (AvgIpc) is 3.01. The molecule has 1 amide bonds. The van der Waals surface area contributed by atoms with Crippen molar-refractivity contribution in [1.29, 1.82) is 0 Å². The zero-order chi connectivity index (χ0) is 16.8. The number of aromatic nitrogens is 4. The molecule has 122 valence electrons. The summed E-state index contributed by atoms with van der Waals surface area (Å²) < 4.78 is 1.51. The van der Waals surface area contributed by atoms with Gasteiger partial charge in [0.15, 0.2) is 0 Å². The lowest BCUT2D eigenvalue weighted by Crippen LogP contribution is -2.42.